The first-order valence-electron chi connectivity index (χ1n) is 10.4. The van der Waals surface area contributed by atoms with E-state index >= 15 is 0 Å². The summed E-state index contributed by atoms with van der Waals surface area (Å²) in [5, 5.41) is 0. The van der Waals surface area contributed by atoms with Gasteiger partial charge in [-0.05, 0) is 49.3 Å². The molecule has 1 aliphatic rings. The predicted octanol–water partition coefficient (Wildman–Crippen LogP) is 3.85. The summed E-state index contributed by atoms with van der Waals surface area (Å²) in [6.45, 7) is 2.92. The molecular formula is C23H29FN2O3S. The number of sulfonamides is 1. The molecule has 1 fully saturated rings. The van der Waals surface area contributed by atoms with E-state index in [0.717, 1.165) is 29.8 Å². The number of carbonyl (C=O) groups excluding carboxylic acids is 1. The van der Waals surface area contributed by atoms with Crippen molar-refractivity contribution in [2.24, 2.45) is 5.92 Å². The van der Waals surface area contributed by atoms with Crippen LogP contribution in [-0.2, 0) is 21.2 Å². The lowest BCUT2D eigenvalue weighted by molar-refractivity contribution is -0.133. The number of rotatable bonds is 7. The van der Waals surface area contributed by atoms with Crippen LogP contribution < -0.4 is 4.31 Å². The summed E-state index contributed by atoms with van der Waals surface area (Å²) in [6.07, 6.45) is 4.00. The van der Waals surface area contributed by atoms with Crippen molar-refractivity contribution in [3.8, 4) is 0 Å². The number of piperidine rings is 1. The largest absolute Gasteiger partial charge is 0.341 e. The topological polar surface area (TPSA) is 57.7 Å². The van der Waals surface area contributed by atoms with Crippen LogP contribution in [0.4, 0.5) is 10.1 Å². The Kier molecular flexibility index (Phi) is 7.13. The van der Waals surface area contributed by atoms with Crippen LogP contribution in [0.5, 0.6) is 0 Å². The molecule has 0 spiro atoms. The number of hydrogen-bond donors (Lipinski definition) is 0. The number of nitrogens with zero attached hydrogens (tertiary/aromatic N) is 2. The van der Waals surface area contributed by atoms with E-state index in [2.05, 4.69) is 12.1 Å². The molecule has 0 saturated carbocycles. The van der Waals surface area contributed by atoms with Gasteiger partial charge < -0.3 is 4.90 Å². The average molecular weight is 433 g/mol. The van der Waals surface area contributed by atoms with E-state index in [1.807, 2.05) is 18.2 Å². The SMILES string of the molecule is CCC(C(=O)N1CCC(Cc2ccccc2)CC1)N(c1ccccc1F)S(C)(=O)=O. The maximum absolute atomic E-state index is 14.4. The number of amides is 1. The molecular weight excluding hydrogens is 403 g/mol. The van der Waals surface area contributed by atoms with Gasteiger partial charge in [0, 0.05) is 13.1 Å². The summed E-state index contributed by atoms with van der Waals surface area (Å²) in [6, 6.07) is 15.0. The molecule has 1 aliphatic heterocycles. The van der Waals surface area contributed by atoms with Crippen LogP contribution in [0.2, 0.25) is 0 Å². The first-order chi connectivity index (χ1) is 14.3. The zero-order valence-electron chi connectivity index (χ0n) is 17.5. The van der Waals surface area contributed by atoms with Crippen molar-refractivity contribution >= 4 is 21.6 Å². The molecule has 1 amide bonds. The van der Waals surface area contributed by atoms with Gasteiger partial charge in [-0.15, -0.1) is 0 Å². The zero-order chi connectivity index (χ0) is 21.7. The maximum atomic E-state index is 14.4. The van der Waals surface area contributed by atoms with Crippen molar-refractivity contribution in [2.45, 2.75) is 38.6 Å². The molecule has 30 heavy (non-hydrogen) atoms. The molecule has 1 unspecified atom stereocenters. The zero-order valence-corrected chi connectivity index (χ0v) is 18.3. The normalized spacial score (nSPS) is 16.3. The summed E-state index contributed by atoms with van der Waals surface area (Å²) < 4.78 is 40.4. The number of para-hydroxylation sites is 1. The Morgan fingerprint density at radius 2 is 1.70 bits per heavy atom. The second-order valence-corrected chi connectivity index (χ2v) is 9.75. The molecule has 7 heteroatoms. The van der Waals surface area contributed by atoms with Gasteiger partial charge in [0.2, 0.25) is 15.9 Å². The lowest BCUT2D eigenvalue weighted by Gasteiger charge is -2.37. The molecule has 0 aromatic heterocycles. The molecule has 2 aromatic carbocycles. The Balaban J connectivity index is 1.73. The molecule has 0 N–H and O–H groups in total. The third kappa shape index (κ3) is 5.19. The molecule has 2 aromatic rings. The molecule has 5 nitrogen and oxygen atoms in total. The first kappa shape index (κ1) is 22.3. The quantitative estimate of drug-likeness (QED) is 0.668. The number of benzene rings is 2. The fourth-order valence-electron chi connectivity index (χ4n) is 4.16. The van der Waals surface area contributed by atoms with Crippen LogP contribution in [0.15, 0.2) is 54.6 Å². The number of halogens is 1. The van der Waals surface area contributed by atoms with Gasteiger partial charge in [-0.25, -0.2) is 12.8 Å². The second-order valence-electron chi connectivity index (χ2n) is 7.89. The summed E-state index contributed by atoms with van der Waals surface area (Å²) in [5.41, 5.74) is 1.20. The van der Waals surface area contributed by atoms with Gasteiger partial charge in [0.05, 0.1) is 11.9 Å². The van der Waals surface area contributed by atoms with Crippen molar-refractivity contribution in [3.05, 3.63) is 66.0 Å². The predicted molar refractivity (Wildman–Crippen MR) is 117 cm³/mol. The fourth-order valence-corrected chi connectivity index (χ4v) is 5.37. The van der Waals surface area contributed by atoms with E-state index in [4.69, 9.17) is 0 Å². The smallest absolute Gasteiger partial charge is 0.246 e. The standard InChI is InChI=1S/C23H29FN2O3S/c1-3-21(26(30(2,28)29)22-12-8-7-11-20(22)24)23(27)25-15-13-19(14-16-25)17-18-9-5-4-6-10-18/h4-12,19,21H,3,13-17H2,1-2H3. The lowest BCUT2D eigenvalue weighted by Crippen LogP contribution is -2.52. The Morgan fingerprint density at radius 1 is 1.10 bits per heavy atom. The molecule has 162 valence electrons. The molecule has 1 heterocycles. The summed E-state index contributed by atoms with van der Waals surface area (Å²) in [5.74, 6) is -0.422. The van der Waals surface area contributed by atoms with Gasteiger partial charge in [-0.2, -0.15) is 0 Å². The summed E-state index contributed by atoms with van der Waals surface area (Å²) in [4.78, 5) is 15.0. The van der Waals surface area contributed by atoms with Crippen molar-refractivity contribution in [1.82, 2.24) is 4.90 Å². The van der Waals surface area contributed by atoms with Gasteiger partial charge in [0.1, 0.15) is 11.9 Å². The summed E-state index contributed by atoms with van der Waals surface area (Å²) >= 11 is 0. The highest BCUT2D eigenvalue weighted by molar-refractivity contribution is 7.92. The van der Waals surface area contributed by atoms with Crippen LogP contribution in [0.25, 0.3) is 0 Å². The average Bonchev–Trinajstić information content (AvgIpc) is 2.73. The Labute approximate surface area is 178 Å². The summed E-state index contributed by atoms with van der Waals surface area (Å²) in [7, 11) is -3.84. The van der Waals surface area contributed by atoms with Crippen LogP contribution in [-0.4, -0.2) is 44.6 Å². The minimum Gasteiger partial charge on any atom is -0.341 e. The van der Waals surface area contributed by atoms with Crippen molar-refractivity contribution in [2.75, 3.05) is 23.7 Å². The van der Waals surface area contributed by atoms with Gasteiger partial charge in [0.25, 0.3) is 0 Å². The van der Waals surface area contributed by atoms with Crippen LogP contribution in [0.1, 0.15) is 31.7 Å². The molecule has 0 bridgehead atoms. The van der Waals surface area contributed by atoms with E-state index < -0.39 is 21.9 Å². The van der Waals surface area contributed by atoms with Gasteiger partial charge >= 0.3 is 0 Å². The first-order valence-corrected chi connectivity index (χ1v) is 12.2. The Bertz CT molecular complexity index is 957. The maximum Gasteiger partial charge on any atom is 0.246 e. The third-order valence-electron chi connectivity index (χ3n) is 5.70. The van der Waals surface area contributed by atoms with Crippen molar-refractivity contribution in [1.29, 1.82) is 0 Å². The number of hydrogen-bond acceptors (Lipinski definition) is 3. The van der Waals surface area contributed by atoms with Gasteiger partial charge in [-0.3, -0.25) is 9.10 Å². The number of anilines is 1. The molecule has 0 aliphatic carbocycles. The fraction of sp³-hybridized carbons (Fsp3) is 0.435. The minimum atomic E-state index is -3.84. The molecule has 3 rings (SSSR count). The highest BCUT2D eigenvalue weighted by atomic mass is 32.2. The highest BCUT2D eigenvalue weighted by Gasteiger charge is 2.36. The number of carbonyl (C=O) groups is 1. The third-order valence-corrected chi connectivity index (χ3v) is 6.86. The van der Waals surface area contributed by atoms with E-state index in [1.165, 1.54) is 23.8 Å². The van der Waals surface area contributed by atoms with Crippen LogP contribution in [0, 0.1) is 11.7 Å². The van der Waals surface area contributed by atoms with Gasteiger partial charge in [-0.1, -0.05) is 49.4 Å². The Morgan fingerprint density at radius 3 is 2.27 bits per heavy atom. The second kappa shape index (κ2) is 9.60. The molecule has 0 radical (unpaired) electrons. The molecule has 1 saturated heterocycles. The van der Waals surface area contributed by atoms with Crippen molar-refractivity contribution in [3.63, 3.8) is 0 Å². The lowest BCUT2D eigenvalue weighted by atomic mass is 9.90. The van der Waals surface area contributed by atoms with E-state index in [0.29, 0.717) is 19.0 Å². The van der Waals surface area contributed by atoms with Crippen LogP contribution in [0.3, 0.4) is 0 Å². The van der Waals surface area contributed by atoms with Crippen LogP contribution >= 0.6 is 0 Å². The minimum absolute atomic E-state index is 0.0841. The van der Waals surface area contributed by atoms with E-state index in [-0.39, 0.29) is 18.0 Å². The Hall–Kier alpha value is -2.41. The van der Waals surface area contributed by atoms with E-state index in [1.54, 1.807) is 17.9 Å². The molecule has 1 atom stereocenters. The number of likely N-dealkylation sites (tertiary alicyclic amines) is 1. The highest BCUT2D eigenvalue weighted by Crippen LogP contribution is 2.28. The monoisotopic (exact) mass is 432 g/mol. The van der Waals surface area contributed by atoms with Crippen molar-refractivity contribution < 1.29 is 17.6 Å². The van der Waals surface area contributed by atoms with E-state index in [9.17, 15) is 17.6 Å². The van der Waals surface area contributed by atoms with Gasteiger partial charge in [0.15, 0.2) is 0 Å².